The van der Waals surface area contributed by atoms with Gasteiger partial charge >= 0.3 is 6.03 Å². The number of aliphatic hydroxyl groups is 1. The standard InChI is InChI=1S/C19H28N4O2/c24-18(23-13-8-19(25,9-14-23)15-5-3-6-15)21-16-7-4-10-20-17(16)22-11-1-2-12-22/h4,7,10,15,25H,1-3,5-6,8-9,11-14H2,(H,21,24). The summed E-state index contributed by atoms with van der Waals surface area (Å²) in [4.78, 5) is 21.2. The summed E-state index contributed by atoms with van der Waals surface area (Å²) in [6, 6.07) is 3.71. The number of carbonyl (C=O) groups excluding carboxylic acids is 1. The Labute approximate surface area is 149 Å². The van der Waals surface area contributed by atoms with Gasteiger partial charge in [0.15, 0.2) is 5.82 Å². The molecule has 25 heavy (non-hydrogen) atoms. The average Bonchev–Trinajstić information content (AvgIpc) is 3.08. The van der Waals surface area contributed by atoms with Gasteiger partial charge in [0.25, 0.3) is 0 Å². The van der Waals surface area contributed by atoms with Crippen molar-refractivity contribution in [1.29, 1.82) is 0 Å². The van der Waals surface area contributed by atoms with Crippen LogP contribution in [0.25, 0.3) is 0 Å². The van der Waals surface area contributed by atoms with Crippen LogP contribution < -0.4 is 10.2 Å². The first-order valence-electron chi connectivity index (χ1n) is 9.64. The lowest BCUT2D eigenvalue weighted by atomic mass is 9.69. The molecule has 3 aliphatic rings. The zero-order chi connectivity index (χ0) is 17.3. The smallest absolute Gasteiger partial charge is 0.321 e. The first-order valence-corrected chi connectivity index (χ1v) is 9.64. The van der Waals surface area contributed by atoms with Crippen molar-refractivity contribution in [1.82, 2.24) is 9.88 Å². The van der Waals surface area contributed by atoms with Gasteiger partial charge in [0.05, 0.1) is 11.3 Å². The van der Waals surface area contributed by atoms with E-state index >= 15 is 0 Å². The highest BCUT2D eigenvalue weighted by Crippen LogP contribution is 2.42. The van der Waals surface area contributed by atoms with Crippen LogP contribution in [0.15, 0.2) is 18.3 Å². The number of hydrogen-bond donors (Lipinski definition) is 2. The van der Waals surface area contributed by atoms with Crippen LogP contribution in [0.5, 0.6) is 0 Å². The fourth-order valence-corrected chi connectivity index (χ4v) is 4.32. The van der Waals surface area contributed by atoms with Gasteiger partial charge in [0, 0.05) is 32.4 Å². The minimum absolute atomic E-state index is 0.0795. The van der Waals surface area contributed by atoms with Gasteiger partial charge in [-0.3, -0.25) is 0 Å². The normalized spacial score (nSPS) is 23.4. The molecule has 2 N–H and O–H groups in total. The lowest BCUT2D eigenvalue weighted by molar-refractivity contribution is -0.0845. The molecule has 1 aromatic heterocycles. The van der Waals surface area contributed by atoms with Crippen molar-refractivity contribution >= 4 is 17.5 Å². The number of piperidine rings is 1. The van der Waals surface area contributed by atoms with Gasteiger partial charge in [-0.05, 0) is 56.6 Å². The third-order valence-electron chi connectivity index (χ3n) is 6.22. The summed E-state index contributed by atoms with van der Waals surface area (Å²) in [5.41, 5.74) is 0.235. The van der Waals surface area contributed by atoms with Gasteiger partial charge in [-0.1, -0.05) is 6.42 Å². The molecule has 2 aliphatic heterocycles. The third-order valence-corrected chi connectivity index (χ3v) is 6.22. The molecule has 0 aromatic carbocycles. The number of hydrogen-bond acceptors (Lipinski definition) is 4. The quantitative estimate of drug-likeness (QED) is 0.885. The van der Waals surface area contributed by atoms with Crippen LogP contribution in [0.3, 0.4) is 0 Å². The molecule has 1 saturated carbocycles. The van der Waals surface area contributed by atoms with E-state index in [1.54, 1.807) is 6.20 Å². The predicted molar refractivity (Wildman–Crippen MR) is 97.8 cm³/mol. The molecule has 0 atom stereocenters. The fourth-order valence-electron chi connectivity index (χ4n) is 4.32. The Morgan fingerprint density at radius 2 is 1.88 bits per heavy atom. The third kappa shape index (κ3) is 3.32. The monoisotopic (exact) mass is 344 g/mol. The van der Waals surface area contributed by atoms with Gasteiger partial charge in [-0.2, -0.15) is 0 Å². The number of rotatable bonds is 3. The molecule has 0 spiro atoms. The topological polar surface area (TPSA) is 68.7 Å². The van der Waals surface area contributed by atoms with Crippen molar-refractivity contribution in [3.05, 3.63) is 18.3 Å². The molecule has 2 saturated heterocycles. The molecule has 1 aliphatic carbocycles. The number of carbonyl (C=O) groups is 1. The molecule has 136 valence electrons. The molecule has 1 aromatic rings. The number of urea groups is 1. The summed E-state index contributed by atoms with van der Waals surface area (Å²) in [6.45, 7) is 3.24. The van der Waals surface area contributed by atoms with Crippen LogP contribution in [-0.2, 0) is 0 Å². The van der Waals surface area contributed by atoms with Gasteiger partial charge in [0.1, 0.15) is 0 Å². The summed E-state index contributed by atoms with van der Waals surface area (Å²) in [7, 11) is 0. The maximum absolute atomic E-state index is 12.7. The van der Waals surface area contributed by atoms with Crippen molar-refractivity contribution in [3.8, 4) is 0 Å². The summed E-state index contributed by atoms with van der Waals surface area (Å²) in [5, 5.41) is 13.8. The van der Waals surface area contributed by atoms with E-state index in [2.05, 4.69) is 15.2 Å². The lowest BCUT2D eigenvalue weighted by Gasteiger charge is -2.46. The molecule has 3 fully saturated rings. The highest BCUT2D eigenvalue weighted by Gasteiger charge is 2.43. The largest absolute Gasteiger partial charge is 0.389 e. The Bertz CT molecular complexity index is 618. The molecular formula is C19H28N4O2. The molecular weight excluding hydrogens is 316 g/mol. The van der Waals surface area contributed by atoms with E-state index in [-0.39, 0.29) is 6.03 Å². The van der Waals surface area contributed by atoms with Gasteiger partial charge in [-0.25, -0.2) is 9.78 Å². The van der Waals surface area contributed by atoms with E-state index in [4.69, 9.17) is 0 Å². The molecule has 3 heterocycles. The van der Waals surface area contributed by atoms with Crippen LogP contribution >= 0.6 is 0 Å². The van der Waals surface area contributed by atoms with Crippen molar-refractivity contribution in [3.63, 3.8) is 0 Å². The van der Waals surface area contributed by atoms with E-state index in [1.165, 1.54) is 19.3 Å². The molecule has 2 amide bonds. The molecule has 6 nitrogen and oxygen atoms in total. The Hall–Kier alpha value is -1.82. The van der Waals surface area contributed by atoms with Crippen molar-refractivity contribution in [2.45, 2.75) is 50.5 Å². The van der Waals surface area contributed by atoms with Crippen LogP contribution in [0, 0.1) is 5.92 Å². The van der Waals surface area contributed by atoms with Crippen molar-refractivity contribution in [2.24, 2.45) is 5.92 Å². The zero-order valence-electron chi connectivity index (χ0n) is 14.8. The second kappa shape index (κ2) is 6.83. The predicted octanol–water partition coefficient (Wildman–Crippen LogP) is 2.84. The maximum Gasteiger partial charge on any atom is 0.321 e. The zero-order valence-corrected chi connectivity index (χ0v) is 14.8. The number of likely N-dealkylation sites (tertiary alicyclic amines) is 1. The molecule has 0 bridgehead atoms. The van der Waals surface area contributed by atoms with Crippen LogP contribution in [0.2, 0.25) is 0 Å². The average molecular weight is 344 g/mol. The maximum atomic E-state index is 12.7. The van der Waals surface area contributed by atoms with Crippen LogP contribution in [0.1, 0.15) is 44.9 Å². The Kier molecular flexibility index (Phi) is 4.54. The number of nitrogens with one attached hydrogen (secondary N) is 1. The number of nitrogens with zero attached hydrogens (tertiary/aromatic N) is 3. The number of amides is 2. The van der Waals surface area contributed by atoms with E-state index in [0.717, 1.165) is 37.4 Å². The van der Waals surface area contributed by atoms with Gasteiger partial charge < -0.3 is 20.2 Å². The minimum atomic E-state index is -0.552. The summed E-state index contributed by atoms with van der Waals surface area (Å²) < 4.78 is 0. The van der Waals surface area contributed by atoms with Gasteiger partial charge in [-0.15, -0.1) is 0 Å². The minimum Gasteiger partial charge on any atom is -0.389 e. The molecule has 6 heteroatoms. The summed E-state index contributed by atoms with van der Waals surface area (Å²) in [6.07, 6.45) is 9.02. The second-order valence-corrected chi connectivity index (χ2v) is 7.72. The Morgan fingerprint density at radius 3 is 2.52 bits per heavy atom. The molecule has 0 radical (unpaired) electrons. The lowest BCUT2D eigenvalue weighted by Crippen LogP contribution is -2.52. The summed E-state index contributed by atoms with van der Waals surface area (Å²) in [5.74, 6) is 1.31. The summed E-state index contributed by atoms with van der Waals surface area (Å²) >= 11 is 0. The number of pyridine rings is 1. The van der Waals surface area contributed by atoms with Crippen molar-refractivity contribution in [2.75, 3.05) is 36.4 Å². The van der Waals surface area contributed by atoms with E-state index < -0.39 is 5.60 Å². The number of anilines is 2. The molecule has 4 rings (SSSR count). The van der Waals surface area contributed by atoms with Crippen LogP contribution in [0.4, 0.5) is 16.3 Å². The van der Waals surface area contributed by atoms with E-state index in [9.17, 15) is 9.90 Å². The van der Waals surface area contributed by atoms with Crippen LogP contribution in [-0.4, -0.2) is 52.8 Å². The first-order chi connectivity index (χ1) is 12.2. The van der Waals surface area contributed by atoms with Gasteiger partial charge in [0.2, 0.25) is 0 Å². The molecule has 0 unspecified atom stereocenters. The highest BCUT2D eigenvalue weighted by molar-refractivity contribution is 5.92. The first kappa shape index (κ1) is 16.6. The number of aromatic nitrogens is 1. The Morgan fingerprint density at radius 1 is 1.16 bits per heavy atom. The highest BCUT2D eigenvalue weighted by atomic mass is 16.3. The van der Waals surface area contributed by atoms with E-state index in [1.807, 2.05) is 17.0 Å². The van der Waals surface area contributed by atoms with Crippen molar-refractivity contribution < 1.29 is 9.90 Å². The SMILES string of the molecule is O=C(Nc1cccnc1N1CCCC1)N1CCC(O)(C2CCC2)CC1. The fraction of sp³-hybridized carbons (Fsp3) is 0.684. The van der Waals surface area contributed by atoms with E-state index in [0.29, 0.717) is 31.8 Å². The Balaban J connectivity index is 1.38. The second-order valence-electron chi connectivity index (χ2n) is 7.72.